The number of nitrogens with one attached hydrogen (secondary N) is 2. The van der Waals surface area contributed by atoms with E-state index in [-0.39, 0.29) is 0 Å². The normalized spacial score (nSPS) is 10.6. The number of rotatable bonds is 5. The van der Waals surface area contributed by atoms with Crippen LogP contribution in [0.15, 0.2) is 76.3 Å². The molecule has 7 nitrogen and oxygen atoms in total. The highest BCUT2D eigenvalue weighted by atomic mass is 79.9. The molecular weight excluding hydrogens is 474 g/mol. The van der Waals surface area contributed by atoms with Gasteiger partial charge in [0.15, 0.2) is 0 Å². The summed E-state index contributed by atoms with van der Waals surface area (Å²) in [5.41, 5.74) is 5.62. The Hall–Kier alpha value is -3.78. The summed E-state index contributed by atoms with van der Waals surface area (Å²) in [7, 11) is 0. The first-order chi connectivity index (χ1) is 15.3. The summed E-state index contributed by atoms with van der Waals surface area (Å²) >= 11 is 3.32. The second-order valence-corrected chi connectivity index (χ2v) is 7.83. The molecule has 0 spiro atoms. The number of amides is 2. The molecule has 0 aliphatic rings. The third kappa shape index (κ3) is 6.36. The number of nitrogens with zero attached hydrogens (tertiary/aromatic N) is 1. The van der Waals surface area contributed by atoms with Crippen LogP contribution in [-0.4, -0.2) is 24.0 Å². The fourth-order valence-electron chi connectivity index (χ4n) is 2.90. The summed E-state index contributed by atoms with van der Waals surface area (Å²) < 4.78 is 6.02. The van der Waals surface area contributed by atoms with E-state index < -0.39 is 17.8 Å². The highest BCUT2D eigenvalue weighted by molar-refractivity contribution is 9.10. The number of anilines is 1. The molecule has 2 N–H and O–H groups in total. The Balaban J connectivity index is 1.58. The van der Waals surface area contributed by atoms with Gasteiger partial charge in [-0.2, -0.15) is 5.10 Å². The molecule has 0 bridgehead atoms. The Kier molecular flexibility index (Phi) is 7.51. The molecule has 0 aliphatic heterocycles. The number of aryl methyl sites for hydroxylation is 2. The summed E-state index contributed by atoms with van der Waals surface area (Å²) in [6, 6.07) is 19.0. The molecule has 162 valence electrons. The van der Waals surface area contributed by atoms with Crippen molar-refractivity contribution in [2.75, 3.05) is 5.32 Å². The van der Waals surface area contributed by atoms with Crippen molar-refractivity contribution in [3.63, 3.8) is 0 Å². The summed E-state index contributed by atoms with van der Waals surface area (Å²) in [5, 5.41) is 6.34. The van der Waals surface area contributed by atoms with Crippen LogP contribution >= 0.6 is 15.9 Å². The monoisotopic (exact) mass is 493 g/mol. The van der Waals surface area contributed by atoms with Crippen molar-refractivity contribution < 1.29 is 19.1 Å². The quantitative estimate of drug-likeness (QED) is 0.181. The van der Waals surface area contributed by atoms with Crippen LogP contribution in [0.4, 0.5) is 5.69 Å². The number of halogens is 1. The minimum Gasteiger partial charge on any atom is -0.423 e. The Morgan fingerprint density at radius 3 is 2.34 bits per heavy atom. The zero-order chi connectivity index (χ0) is 23.1. The van der Waals surface area contributed by atoms with Crippen LogP contribution in [0.25, 0.3) is 0 Å². The van der Waals surface area contributed by atoms with Crippen molar-refractivity contribution in [3.05, 3.63) is 93.5 Å². The lowest BCUT2D eigenvalue weighted by atomic mass is 10.1. The number of ether oxygens (including phenoxy) is 1. The third-order valence-corrected chi connectivity index (χ3v) is 4.92. The van der Waals surface area contributed by atoms with Crippen molar-refractivity contribution in [2.45, 2.75) is 13.8 Å². The van der Waals surface area contributed by atoms with Gasteiger partial charge in [0.05, 0.1) is 11.8 Å². The standard InChI is InChI=1S/C24H20BrN3O4/c1-15-10-16(2)12-18(11-15)27-22(29)23(30)28-26-14-17-6-5-7-19(13-17)32-24(31)20-8-3-4-9-21(20)25/h3-14H,1-2H3,(H,27,29)(H,28,30). The lowest BCUT2D eigenvalue weighted by molar-refractivity contribution is -0.136. The summed E-state index contributed by atoms with van der Waals surface area (Å²) in [6.07, 6.45) is 1.35. The van der Waals surface area contributed by atoms with Gasteiger partial charge in [-0.25, -0.2) is 10.2 Å². The molecule has 0 radical (unpaired) electrons. The maximum atomic E-state index is 12.3. The molecule has 3 aromatic rings. The lowest BCUT2D eigenvalue weighted by Crippen LogP contribution is -2.32. The van der Waals surface area contributed by atoms with E-state index in [1.165, 1.54) is 6.21 Å². The van der Waals surface area contributed by atoms with E-state index >= 15 is 0 Å². The Morgan fingerprint density at radius 2 is 1.62 bits per heavy atom. The number of carbonyl (C=O) groups is 3. The minimum atomic E-state index is -0.906. The lowest BCUT2D eigenvalue weighted by Gasteiger charge is -2.07. The first-order valence-electron chi connectivity index (χ1n) is 9.61. The molecule has 0 unspecified atom stereocenters. The van der Waals surface area contributed by atoms with E-state index in [0.29, 0.717) is 27.0 Å². The average molecular weight is 494 g/mol. The summed E-state index contributed by atoms with van der Waals surface area (Å²) in [6.45, 7) is 3.80. The first kappa shape index (κ1) is 22.9. The molecule has 8 heteroatoms. The average Bonchev–Trinajstić information content (AvgIpc) is 2.73. The third-order valence-electron chi connectivity index (χ3n) is 4.23. The second kappa shape index (κ2) is 10.5. The van der Waals surface area contributed by atoms with E-state index in [1.54, 1.807) is 60.7 Å². The van der Waals surface area contributed by atoms with Crippen LogP contribution in [0.1, 0.15) is 27.0 Å². The van der Waals surface area contributed by atoms with Gasteiger partial charge in [0, 0.05) is 10.2 Å². The molecular formula is C24H20BrN3O4. The Bertz CT molecular complexity index is 1190. The van der Waals surface area contributed by atoms with Gasteiger partial charge >= 0.3 is 17.8 Å². The largest absolute Gasteiger partial charge is 0.423 e. The molecule has 0 fully saturated rings. The van der Waals surface area contributed by atoms with Crippen LogP contribution < -0.4 is 15.5 Å². The van der Waals surface area contributed by atoms with Crippen LogP contribution in [-0.2, 0) is 9.59 Å². The number of hydrogen-bond donors (Lipinski definition) is 2. The second-order valence-electron chi connectivity index (χ2n) is 6.97. The highest BCUT2D eigenvalue weighted by Gasteiger charge is 2.14. The molecule has 0 aromatic heterocycles. The summed E-state index contributed by atoms with van der Waals surface area (Å²) in [4.78, 5) is 36.4. The van der Waals surface area contributed by atoms with Crippen LogP contribution in [0, 0.1) is 13.8 Å². The molecule has 3 aromatic carbocycles. The van der Waals surface area contributed by atoms with Gasteiger partial charge in [0.1, 0.15) is 5.75 Å². The molecule has 0 saturated carbocycles. The highest BCUT2D eigenvalue weighted by Crippen LogP contribution is 2.19. The number of hydrazone groups is 1. The predicted molar refractivity (Wildman–Crippen MR) is 126 cm³/mol. The van der Waals surface area contributed by atoms with Gasteiger partial charge in [0.25, 0.3) is 0 Å². The van der Waals surface area contributed by atoms with Gasteiger partial charge in [-0.05, 0) is 82.9 Å². The molecule has 32 heavy (non-hydrogen) atoms. The van der Waals surface area contributed by atoms with E-state index in [4.69, 9.17) is 4.74 Å². The number of esters is 1. The van der Waals surface area contributed by atoms with Gasteiger partial charge in [-0.15, -0.1) is 0 Å². The van der Waals surface area contributed by atoms with Gasteiger partial charge in [-0.3, -0.25) is 9.59 Å². The van der Waals surface area contributed by atoms with E-state index in [1.807, 2.05) is 19.9 Å². The molecule has 3 rings (SSSR count). The maximum absolute atomic E-state index is 12.3. The Labute approximate surface area is 193 Å². The first-order valence-corrected chi connectivity index (χ1v) is 10.4. The molecule has 0 atom stereocenters. The SMILES string of the molecule is Cc1cc(C)cc(NC(=O)C(=O)NN=Cc2cccc(OC(=O)c3ccccc3Br)c2)c1. The maximum Gasteiger partial charge on any atom is 0.344 e. The number of carbonyl (C=O) groups excluding carboxylic acids is 3. The van der Waals surface area contributed by atoms with Crippen LogP contribution in [0.2, 0.25) is 0 Å². The van der Waals surface area contributed by atoms with Gasteiger partial charge in [0.2, 0.25) is 0 Å². The zero-order valence-electron chi connectivity index (χ0n) is 17.4. The molecule has 0 aliphatic carbocycles. The smallest absolute Gasteiger partial charge is 0.344 e. The van der Waals surface area contributed by atoms with Crippen molar-refractivity contribution in [3.8, 4) is 5.75 Å². The van der Waals surface area contributed by atoms with Gasteiger partial charge in [-0.1, -0.05) is 30.3 Å². The van der Waals surface area contributed by atoms with Crippen LogP contribution in [0.5, 0.6) is 5.75 Å². The fraction of sp³-hybridized carbons (Fsp3) is 0.0833. The summed E-state index contributed by atoms with van der Waals surface area (Å²) in [5.74, 6) is -1.93. The van der Waals surface area contributed by atoms with Crippen molar-refractivity contribution in [1.82, 2.24) is 5.43 Å². The Morgan fingerprint density at radius 1 is 0.906 bits per heavy atom. The molecule has 0 saturated heterocycles. The zero-order valence-corrected chi connectivity index (χ0v) is 19.0. The van der Waals surface area contributed by atoms with Crippen molar-refractivity contribution in [2.24, 2.45) is 5.10 Å². The number of benzene rings is 3. The van der Waals surface area contributed by atoms with E-state index in [0.717, 1.165) is 11.1 Å². The molecule has 0 heterocycles. The molecule has 2 amide bonds. The van der Waals surface area contributed by atoms with E-state index in [9.17, 15) is 14.4 Å². The van der Waals surface area contributed by atoms with Crippen LogP contribution in [0.3, 0.4) is 0 Å². The topological polar surface area (TPSA) is 96.9 Å². The minimum absolute atomic E-state index is 0.314. The van der Waals surface area contributed by atoms with Crippen molar-refractivity contribution >= 4 is 45.6 Å². The van der Waals surface area contributed by atoms with Crippen molar-refractivity contribution in [1.29, 1.82) is 0 Å². The van der Waals surface area contributed by atoms with Gasteiger partial charge < -0.3 is 10.1 Å². The van der Waals surface area contributed by atoms with E-state index in [2.05, 4.69) is 31.8 Å². The predicted octanol–water partition coefficient (Wildman–Crippen LogP) is 4.37. The number of hydrogen-bond acceptors (Lipinski definition) is 5. The fourth-order valence-corrected chi connectivity index (χ4v) is 3.34.